The summed E-state index contributed by atoms with van der Waals surface area (Å²) in [6, 6.07) is 8.94. The molecule has 0 amide bonds. The second-order valence-corrected chi connectivity index (χ2v) is 6.15. The van der Waals surface area contributed by atoms with E-state index < -0.39 is 0 Å². The largest absolute Gasteiger partial charge is 0.303 e. The van der Waals surface area contributed by atoms with Crippen molar-refractivity contribution in [2.45, 2.75) is 25.2 Å². The molecule has 0 saturated carbocycles. The molecular weight excluding hydrogens is 274 g/mol. The highest BCUT2D eigenvalue weighted by Gasteiger charge is 2.28. The van der Waals surface area contributed by atoms with Gasteiger partial charge >= 0.3 is 0 Å². The standard InChI is InChI=1S/C15H20BrN/c16-10-12-5-7-17(8-6-12)11-14-9-13-3-1-2-4-15(13)14/h1-4,12,14H,5-11H2. The molecule has 0 aromatic heterocycles. The molecule has 0 radical (unpaired) electrons. The highest BCUT2D eigenvalue weighted by atomic mass is 79.9. The average molecular weight is 294 g/mol. The molecule has 1 aromatic rings. The number of halogens is 1. The van der Waals surface area contributed by atoms with Crippen molar-refractivity contribution < 1.29 is 0 Å². The van der Waals surface area contributed by atoms with Gasteiger partial charge in [0.15, 0.2) is 0 Å². The van der Waals surface area contributed by atoms with Gasteiger partial charge in [-0.1, -0.05) is 40.2 Å². The van der Waals surface area contributed by atoms with E-state index in [4.69, 9.17) is 0 Å². The first-order valence-corrected chi connectivity index (χ1v) is 7.85. The zero-order chi connectivity index (χ0) is 11.7. The monoisotopic (exact) mass is 293 g/mol. The van der Waals surface area contributed by atoms with E-state index in [1.807, 2.05) is 0 Å². The van der Waals surface area contributed by atoms with Crippen LogP contribution < -0.4 is 0 Å². The quantitative estimate of drug-likeness (QED) is 0.772. The Balaban J connectivity index is 1.53. The second-order valence-electron chi connectivity index (χ2n) is 5.50. The van der Waals surface area contributed by atoms with E-state index in [9.17, 15) is 0 Å². The lowest BCUT2D eigenvalue weighted by Gasteiger charge is -2.38. The van der Waals surface area contributed by atoms with Crippen LogP contribution in [0, 0.1) is 5.92 Å². The normalized spacial score (nSPS) is 25.4. The Bertz CT molecular complexity index is 382. The van der Waals surface area contributed by atoms with Crippen LogP contribution in [0.15, 0.2) is 24.3 Å². The minimum absolute atomic E-state index is 0.812. The maximum atomic E-state index is 3.61. The number of hydrogen-bond acceptors (Lipinski definition) is 1. The second kappa shape index (κ2) is 5.11. The molecule has 0 spiro atoms. The number of rotatable bonds is 3. The van der Waals surface area contributed by atoms with Crippen molar-refractivity contribution in [2.24, 2.45) is 5.92 Å². The van der Waals surface area contributed by atoms with Gasteiger partial charge in [0.05, 0.1) is 0 Å². The Hall–Kier alpha value is -0.340. The maximum absolute atomic E-state index is 3.61. The molecule has 92 valence electrons. The lowest BCUT2D eigenvalue weighted by atomic mass is 9.77. The lowest BCUT2D eigenvalue weighted by molar-refractivity contribution is 0.180. The molecule has 1 heterocycles. The predicted molar refractivity (Wildman–Crippen MR) is 75.8 cm³/mol. The molecule has 1 saturated heterocycles. The molecule has 3 rings (SSSR count). The van der Waals surface area contributed by atoms with Crippen molar-refractivity contribution in [1.29, 1.82) is 0 Å². The SMILES string of the molecule is BrCC1CCN(CC2Cc3ccccc32)CC1. The Morgan fingerprint density at radius 3 is 2.65 bits per heavy atom. The van der Waals surface area contributed by atoms with Gasteiger partial charge in [-0.05, 0) is 49.4 Å². The van der Waals surface area contributed by atoms with E-state index in [2.05, 4.69) is 45.1 Å². The first kappa shape index (κ1) is 11.7. The summed E-state index contributed by atoms with van der Waals surface area (Å²) in [5.74, 6) is 1.73. The zero-order valence-electron chi connectivity index (χ0n) is 10.2. The van der Waals surface area contributed by atoms with Crippen LogP contribution in [0.3, 0.4) is 0 Å². The summed E-state index contributed by atoms with van der Waals surface area (Å²) in [5.41, 5.74) is 3.18. The summed E-state index contributed by atoms with van der Waals surface area (Å²) in [7, 11) is 0. The van der Waals surface area contributed by atoms with Gasteiger partial charge in [-0.3, -0.25) is 0 Å². The summed E-state index contributed by atoms with van der Waals surface area (Å²) in [4.78, 5) is 2.67. The van der Waals surface area contributed by atoms with E-state index in [1.165, 1.54) is 44.2 Å². The number of benzene rings is 1. The van der Waals surface area contributed by atoms with Gasteiger partial charge in [-0.15, -0.1) is 0 Å². The van der Waals surface area contributed by atoms with E-state index in [0.29, 0.717) is 0 Å². The molecule has 1 fully saturated rings. The van der Waals surface area contributed by atoms with Crippen molar-refractivity contribution in [3.8, 4) is 0 Å². The zero-order valence-corrected chi connectivity index (χ0v) is 11.8. The minimum Gasteiger partial charge on any atom is -0.303 e. The third-order valence-corrected chi connectivity index (χ3v) is 5.28. The van der Waals surface area contributed by atoms with Crippen LogP contribution >= 0.6 is 15.9 Å². The smallest absolute Gasteiger partial charge is 0.00606 e. The summed E-state index contributed by atoms with van der Waals surface area (Å²) in [5, 5.41) is 1.19. The molecule has 1 atom stereocenters. The Kier molecular flexibility index (Phi) is 3.53. The number of alkyl halides is 1. The lowest BCUT2D eigenvalue weighted by Crippen LogP contribution is -2.39. The fourth-order valence-electron chi connectivity index (χ4n) is 3.16. The third kappa shape index (κ3) is 2.43. The van der Waals surface area contributed by atoms with Gasteiger partial charge in [0, 0.05) is 17.8 Å². The van der Waals surface area contributed by atoms with Gasteiger partial charge in [0.1, 0.15) is 0 Å². The van der Waals surface area contributed by atoms with Crippen LogP contribution in [0.4, 0.5) is 0 Å². The fraction of sp³-hybridized carbons (Fsp3) is 0.600. The van der Waals surface area contributed by atoms with E-state index in [-0.39, 0.29) is 0 Å². The van der Waals surface area contributed by atoms with Gasteiger partial charge in [0.25, 0.3) is 0 Å². The van der Waals surface area contributed by atoms with Gasteiger partial charge in [-0.25, -0.2) is 0 Å². The fourth-order valence-corrected chi connectivity index (χ4v) is 3.81. The molecule has 1 aromatic carbocycles. The van der Waals surface area contributed by atoms with E-state index >= 15 is 0 Å². The average Bonchev–Trinajstić information content (AvgIpc) is 2.37. The van der Waals surface area contributed by atoms with Gasteiger partial charge < -0.3 is 4.90 Å². The number of piperidine rings is 1. The van der Waals surface area contributed by atoms with Gasteiger partial charge in [-0.2, -0.15) is 0 Å². The van der Waals surface area contributed by atoms with Crippen molar-refractivity contribution in [1.82, 2.24) is 4.90 Å². The topological polar surface area (TPSA) is 3.24 Å². The first-order valence-electron chi connectivity index (χ1n) is 6.73. The predicted octanol–water partition coefficient (Wildman–Crippen LogP) is 3.43. The van der Waals surface area contributed by atoms with Crippen molar-refractivity contribution in [3.05, 3.63) is 35.4 Å². The molecule has 1 unspecified atom stereocenters. The molecule has 1 aliphatic heterocycles. The molecule has 17 heavy (non-hydrogen) atoms. The third-order valence-electron chi connectivity index (χ3n) is 4.37. The molecule has 2 aliphatic rings. The summed E-state index contributed by atoms with van der Waals surface area (Å²) < 4.78 is 0. The number of fused-ring (bicyclic) bond motifs is 1. The van der Waals surface area contributed by atoms with Crippen LogP contribution in [-0.4, -0.2) is 29.9 Å². The molecule has 0 N–H and O–H groups in total. The summed E-state index contributed by atoms with van der Waals surface area (Å²) >= 11 is 3.61. The highest BCUT2D eigenvalue weighted by Crippen LogP contribution is 2.36. The molecule has 1 nitrogen and oxygen atoms in total. The van der Waals surface area contributed by atoms with Crippen LogP contribution in [-0.2, 0) is 6.42 Å². The Morgan fingerprint density at radius 2 is 1.94 bits per heavy atom. The Labute approximate surface area is 112 Å². The number of likely N-dealkylation sites (tertiary alicyclic amines) is 1. The number of hydrogen-bond donors (Lipinski definition) is 0. The maximum Gasteiger partial charge on any atom is 0.00606 e. The number of nitrogens with zero attached hydrogens (tertiary/aromatic N) is 1. The molecule has 0 bridgehead atoms. The van der Waals surface area contributed by atoms with Crippen LogP contribution in [0.5, 0.6) is 0 Å². The van der Waals surface area contributed by atoms with E-state index in [1.54, 1.807) is 11.1 Å². The van der Waals surface area contributed by atoms with E-state index in [0.717, 1.165) is 11.8 Å². The van der Waals surface area contributed by atoms with Crippen LogP contribution in [0.25, 0.3) is 0 Å². The van der Waals surface area contributed by atoms with Crippen LogP contribution in [0.2, 0.25) is 0 Å². The molecule has 1 aliphatic carbocycles. The summed E-state index contributed by atoms with van der Waals surface area (Å²) in [6.45, 7) is 3.88. The van der Waals surface area contributed by atoms with Crippen molar-refractivity contribution in [2.75, 3.05) is 25.0 Å². The minimum atomic E-state index is 0.812. The van der Waals surface area contributed by atoms with Crippen molar-refractivity contribution >= 4 is 15.9 Å². The highest BCUT2D eigenvalue weighted by molar-refractivity contribution is 9.09. The molecular formula is C15H20BrN. The van der Waals surface area contributed by atoms with Crippen molar-refractivity contribution in [3.63, 3.8) is 0 Å². The first-order chi connectivity index (χ1) is 8.36. The Morgan fingerprint density at radius 1 is 1.18 bits per heavy atom. The molecule has 2 heteroatoms. The van der Waals surface area contributed by atoms with Crippen LogP contribution in [0.1, 0.15) is 29.9 Å². The summed E-state index contributed by atoms with van der Waals surface area (Å²) in [6.07, 6.45) is 4.05. The van der Waals surface area contributed by atoms with Gasteiger partial charge in [0.2, 0.25) is 0 Å².